The third-order valence-electron chi connectivity index (χ3n) is 2.21. The lowest BCUT2D eigenvalue weighted by molar-refractivity contribution is 0.598. The van der Waals surface area contributed by atoms with Gasteiger partial charge in [-0.25, -0.2) is 9.37 Å². The van der Waals surface area contributed by atoms with Crippen molar-refractivity contribution in [2.75, 3.05) is 4.72 Å². The van der Waals surface area contributed by atoms with Crippen LogP contribution in [0.15, 0.2) is 23.4 Å². The largest absolute Gasteiger partial charge is 0.332 e. The van der Waals surface area contributed by atoms with Crippen LogP contribution in [0.25, 0.3) is 0 Å². The van der Waals surface area contributed by atoms with Gasteiger partial charge in [-0.05, 0) is 19.1 Å². The first-order chi connectivity index (χ1) is 8.79. The Hall–Kier alpha value is -1.31. The fourth-order valence-corrected chi connectivity index (χ4v) is 2.86. The normalized spacial score (nSPS) is 11.6. The van der Waals surface area contributed by atoms with Gasteiger partial charge in [-0.15, -0.1) is 0 Å². The maximum absolute atomic E-state index is 13.2. The minimum absolute atomic E-state index is 0.0589. The van der Waals surface area contributed by atoms with Crippen LogP contribution in [0.2, 0.25) is 10.0 Å². The Balaban J connectivity index is 2.36. The van der Waals surface area contributed by atoms with E-state index in [-0.39, 0.29) is 20.8 Å². The molecule has 0 aliphatic heterocycles. The summed E-state index contributed by atoms with van der Waals surface area (Å²) < 4.78 is 39.4. The fourth-order valence-electron chi connectivity index (χ4n) is 1.36. The van der Waals surface area contributed by atoms with Gasteiger partial charge in [0.05, 0.1) is 21.9 Å². The molecule has 2 aromatic rings. The molecule has 1 aromatic heterocycles. The van der Waals surface area contributed by atoms with Crippen molar-refractivity contribution in [1.29, 1.82) is 0 Å². The zero-order valence-electron chi connectivity index (χ0n) is 9.54. The SMILES string of the molecule is Cc1ncc(S(=O)(=O)Nc2cc(Cl)c(F)c(Cl)c2)[nH]1. The number of sulfonamides is 1. The van der Waals surface area contributed by atoms with E-state index >= 15 is 0 Å². The van der Waals surface area contributed by atoms with E-state index in [0.29, 0.717) is 5.82 Å². The molecule has 0 saturated carbocycles. The van der Waals surface area contributed by atoms with Crippen LogP contribution in [0.3, 0.4) is 0 Å². The number of hydrogen-bond donors (Lipinski definition) is 2. The Morgan fingerprint density at radius 1 is 1.32 bits per heavy atom. The second-order valence-electron chi connectivity index (χ2n) is 3.69. The molecule has 0 spiro atoms. The average molecular weight is 324 g/mol. The van der Waals surface area contributed by atoms with E-state index in [0.717, 1.165) is 12.1 Å². The van der Waals surface area contributed by atoms with Crippen molar-refractivity contribution in [3.05, 3.63) is 40.0 Å². The van der Waals surface area contributed by atoms with Crippen molar-refractivity contribution in [1.82, 2.24) is 9.97 Å². The first-order valence-corrected chi connectivity index (χ1v) is 7.22. The molecule has 0 fully saturated rings. The molecule has 2 rings (SSSR count). The predicted molar refractivity (Wildman–Crippen MR) is 70.6 cm³/mol. The highest BCUT2D eigenvalue weighted by molar-refractivity contribution is 7.92. The van der Waals surface area contributed by atoms with Gasteiger partial charge in [0.1, 0.15) is 5.82 Å². The highest BCUT2D eigenvalue weighted by atomic mass is 35.5. The third kappa shape index (κ3) is 2.99. The summed E-state index contributed by atoms with van der Waals surface area (Å²) in [6.45, 7) is 1.62. The number of nitrogens with one attached hydrogen (secondary N) is 2. The van der Waals surface area contributed by atoms with Crippen LogP contribution in [0, 0.1) is 12.7 Å². The molecule has 9 heteroatoms. The molecule has 0 atom stereocenters. The molecule has 0 radical (unpaired) electrons. The molecular weight excluding hydrogens is 316 g/mol. The molecule has 0 aliphatic rings. The number of anilines is 1. The van der Waals surface area contributed by atoms with Crippen molar-refractivity contribution in [3.63, 3.8) is 0 Å². The number of imidazole rings is 1. The second kappa shape index (κ2) is 4.99. The second-order valence-corrected chi connectivity index (χ2v) is 6.16. The van der Waals surface area contributed by atoms with Crippen molar-refractivity contribution in [2.45, 2.75) is 11.9 Å². The van der Waals surface area contributed by atoms with Gasteiger partial charge in [-0.2, -0.15) is 8.42 Å². The monoisotopic (exact) mass is 323 g/mol. The summed E-state index contributed by atoms with van der Waals surface area (Å²) in [6.07, 6.45) is 1.17. The van der Waals surface area contributed by atoms with Crippen molar-refractivity contribution in [3.8, 4) is 0 Å². The molecule has 19 heavy (non-hydrogen) atoms. The van der Waals surface area contributed by atoms with Gasteiger partial charge in [-0.1, -0.05) is 23.2 Å². The molecule has 2 N–H and O–H groups in total. The molecule has 1 aromatic carbocycles. The highest BCUT2D eigenvalue weighted by Crippen LogP contribution is 2.28. The van der Waals surface area contributed by atoms with E-state index in [1.165, 1.54) is 6.20 Å². The molecule has 0 unspecified atom stereocenters. The zero-order valence-corrected chi connectivity index (χ0v) is 11.9. The molecule has 102 valence electrons. The maximum Gasteiger partial charge on any atom is 0.278 e. The number of nitrogens with zero attached hydrogens (tertiary/aromatic N) is 1. The summed E-state index contributed by atoms with van der Waals surface area (Å²) in [6, 6.07) is 2.26. The topological polar surface area (TPSA) is 74.8 Å². The average Bonchev–Trinajstić information content (AvgIpc) is 2.73. The molecule has 0 amide bonds. The van der Waals surface area contributed by atoms with E-state index in [9.17, 15) is 12.8 Å². The number of rotatable bonds is 3. The molecular formula is C10H8Cl2FN3O2S. The minimum Gasteiger partial charge on any atom is -0.332 e. The smallest absolute Gasteiger partial charge is 0.278 e. The van der Waals surface area contributed by atoms with Crippen molar-refractivity contribution < 1.29 is 12.8 Å². The van der Waals surface area contributed by atoms with Gasteiger partial charge >= 0.3 is 0 Å². The lowest BCUT2D eigenvalue weighted by atomic mass is 10.3. The number of H-pyrrole nitrogens is 1. The number of aromatic nitrogens is 2. The Bertz CT molecular complexity index is 707. The van der Waals surface area contributed by atoms with Gasteiger partial charge in [0.15, 0.2) is 10.8 Å². The van der Waals surface area contributed by atoms with Gasteiger partial charge in [0, 0.05) is 0 Å². The number of aryl methyl sites for hydroxylation is 1. The highest BCUT2D eigenvalue weighted by Gasteiger charge is 2.18. The third-order valence-corrected chi connectivity index (χ3v) is 4.05. The maximum atomic E-state index is 13.2. The van der Waals surface area contributed by atoms with Crippen LogP contribution >= 0.6 is 23.2 Å². The lowest BCUT2D eigenvalue weighted by Gasteiger charge is -2.07. The van der Waals surface area contributed by atoms with Gasteiger partial charge in [0.25, 0.3) is 10.0 Å². The minimum atomic E-state index is -3.85. The summed E-state index contributed by atoms with van der Waals surface area (Å²) in [5, 5.41) is -0.654. The Kier molecular flexibility index (Phi) is 3.71. The molecule has 1 heterocycles. The van der Waals surface area contributed by atoms with Gasteiger partial charge in [0.2, 0.25) is 0 Å². The first kappa shape index (κ1) is 14.1. The fraction of sp³-hybridized carbons (Fsp3) is 0.100. The predicted octanol–water partition coefficient (Wildman–Crippen LogP) is 2.96. The molecule has 5 nitrogen and oxygen atoms in total. The van der Waals surface area contributed by atoms with Crippen molar-refractivity contribution in [2.24, 2.45) is 0 Å². The van der Waals surface area contributed by atoms with Crippen LogP contribution in [-0.4, -0.2) is 18.4 Å². The first-order valence-electron chi connectivity index (χ1n) is 4.98. The van der Waals surface area contributed by atoms with E-state index in [1.807, 2.05) is 0 Å². The number of hydrogen-bond acceptors (Lipinski definition) is 3. The van der Waals surface area contributed by atoms with E-state index < -0.39 is 15.8 Å². The standard InChI is InChI=1S/C10H8Cl2FN3O2S/c1-5-14-4-9(15-5)19(17,18)16-6-2-7(11)10(13)8(12)3-6/h2-4,16H,1H3,(H,14,15). The molecule has 0 aliphatic carbocycles. The van der Waals surface area contributed by atoms with Crippen molar-refractivity contribution >= 4 is 38.9 Å². The summed E-state index contributed by atoms with van der Waals surface area (Å²) >= 11 is 11.2. The molecule has 0 saturated heterocycles. The Morgan fingerprint density at radius 2 is 1.89 bits per heavy atom. The van der Waals surface area contributed by atoms with E-state index in [2.05, 4.69) is 14.7 Å². The number of halogens is 3. The summed E-state index contributed by atoms with van der Waals surface area (Å²) in [7, 11) is -3.85. The summed E-state index contributed by atoms with van der Waals surface area (Å²) in [5.41, 5.74) is 0.0589. The van der Waals surface area contributed by atoms with Gasteiger partial charge in [-0.3, -0.25) is 4.72 Å². The van der Waals surface area contributed by atoms with Gasteiger partial charge < -0.3 is 4.98 Å². The number of benzene rings is 1. The lowest BCUT2D eigenvalue weighted by Crippen LogP contribution is -2.13. The summed E-state index contributed by atoms with van der Waals surface area (Å²) in [5.74, 6) is -0.348. The van der Waals surface area contributed by atoms with Crippen LogP contribution in [0.4, 0.5) is 10.1 Å². The molecule has 0 bridgehead atoms. The Labute approximate surface area is 118 Å². The quantitative estimate of drug-likeness (QED) is 0.853. The number of aromatic amines is 1. The van der Waals surface area contributed by atoms with Crippen LogP contribution < -0.4 is 4.72 Å². The van der Waals surface area contributed by atoms with Crippen LogP contribution in [0.5, 0.6) is 0 Å². The zero-order chi connectivity index (χ0) is 14.2. The van der Waals surface area contributed by atoms with E-state index in [1.54, 1.807) is 6.92 Å². The summed E-state index contributed by atoms with van der Waals surface area (Å²) in [4.78, 5) is 6.36. The Morgan fingerprint density at radius 3 is 2.37 bits per heavy atom. The van der Waals surface area contributed by atoms with E-state index in [4.69, 9.17) is 23.2 Å². The van der Waals surface area contributed by atoms with Crippen LogP contribution in [0.1, 0.15) is 5.82 Å². The van der Waals surface area contributed by atoms with Crippen LogP contribution in [-0.2, 0) is 10.0 Å².